The minimum Gasteiger partial charge on any atom is -0.378 e. The Morgan fingerprint density at radius 2 is 1.96 bits per heavy atom. The van der Waals surface area contributed by atoms with Crippen LogP contribution in [0.5, 0.6) is 0 Å². The number of ether oxygens (including phenoxy) is 1. The lowest BCUT2D eigenvalue weighted by atomic mass is 10.1. The Balaban J connectivity index is 1.55. The van der Waals surface area contributed by atoms with Gasteiger partial charge in [0, 0.05) is 24.8 Å². The van der Waals surface area contributed by atoms with Crippen molar-refractivity contribution >= 4 is 11.6 Å². The van der Waals surface area contributed by atoms with Crippen LogP contribution in [0.1, 0.15) is 18.1 Å². The molecular formula is C21H25FN2O2. The Morgan fingerprint density at radius 3 is 2.73 bits per heavy atom. The van der Waals surface area contributed by atoms with Crippen LogP contribution in [0, 0.1) is 5.82 Å². The predicted octanol–water partition coefficient (Wildman–Crippen LogP) is 2.95. The molecule has 0 saturated carbocycles. The van der Waals surface area contributed by atoms with Crippen LogP contribution in [-0.2, 0) is 22.4 Å². The fourth-order valence-corrected chi connectivity index (χ4v) is 3.24. The zero-order valence-electron chi connectivity index (χ0n) is 15.1. The van der Waals surface area contributed by atoms with E-state index in [0.717, 1.165) is 37.6 Å². The number of anilines is 1. The average Bonchev–Trinajstić information content (AvgIpc) is 2.64. The Hall–Kier alpha value is -2.40. The summed E-state index contributed by atoms with van der Waals surface area (Å²) in [5.74, 6) is -0.278. The topological polar surface area (TPSA) is 41.6 Å². The van der Waals surface area contributed by atoms with Crippen LogP contribution in [-0.4, -0.2) is 38.3 Å². The van der Waals surface area contributed by atoms with Crippen molar-refractivity contribution < 1.29 is 13.9 Å². The smallest absolute Gasteiger partial charge is 0.224 e. The summed E-state index contributed by atoms with van der Waals surface area (Å²) in [6, 6.07) is 14.6. The third kappa shape index (κ3) is 5.05. The molecule has 4 nitrogen and oxygen atoms in total. The number of morpholine rings is 1. The SMILES string of the molecule is CC(Cc1ccccc1F)NC(=O)Cc1cccc(N2CCOCC2)c1. The van der Waals surface area contributed by atoms with Crippen LogP contribution in [0.3, 0.4) is 0 Å². The zero-order valence-corrected chi connectivity index (χ0v) is 15.1. The van der Waals surface area contributed by atoms with Crippen molar-refractivity contribution in [1.29, 1.82) is 0 Å². The highest BCUT2D eigenvalue weighted by Gasteiger charge is 2.14. The second-order valence-corrected chi connectivity index (χ2v) is 6.71. The normalized spacial score (nSPS) is 15.5. The molecule has 0 aliphatic carbocycles. The number of hydrogen-bond donors (Lipinski definition) is 1. The van der Waals surface area contributed by atoms with Gasteiger partial charge < -0.3 is 15.0 Å². The molecule has 1 atom stereocenters. The van der Waals surface area contributed by atoms with Gasteiger partial charge >= 0.3 is 0 Å². The molecule has 5 heteroatoms. The summed E-state index contributed by atoms with van der Waals surface area (Å²) in [6.07, 6.45) is 0.798. The first-order valence-electron chi connectivity index (χ1n) is 9.06. The molecule has 3 rings (SSSR count). The van der Waals surface area contributed by atoms with Crippen molar-refractivity contribution in [2.24, 2.45) is 0 Å². The minimum atomic E-state index is -0.230. The number of halogens is 1. The Morgan fingerprint density at radius 1 is 1.19 bits per heavy atom. The standard InChI is InChI=1S/C21H25FN2O2/c1-16(13-18-6-2-3-8-20(18)22)23-21(25)15-17-5-4-7-19(14-17)24-9-11-26-12-10-24/h2-8,14,16H,9-13,15H2,1H3,(H,23,25). The number of benzene rings is 2. The predicted molar refractivity (Wildman–Crippen MR) is 101 cm³/mol. The average molecular weight is 356 g/mol. The van der Waals surface area contributed by atoms with E-state index in [1.165, 1.54) is 6.07 Å². The van der Waals surface area contributed by atoms with Crippen LogP contribution in [0.4, 0.5) is 10.1 Å². The number of nitrogens with zero attached hydrogens (tertiary/aromatic N) is 1. The molecule has 26 heavy (non-hydrogen) atoms. The first-order valence-corrected chi connectivity index (χ1v) is 9.06. The third-order valence-corrected chi connectivity index (χ3v) is 4.54. The fraction of sp³-hybridized carbons (Fsp3) is 0.381. The van der Waals surface area contributed by atoms with Gasteiger partial charge in [-0.3, -0.25) is 4.79 Å². The van der Waals surface area contributed by atoms with E-state index in [4.69, 9.17) is 4.74 Å². The van der Waals surface area contributed by atoms with Crippen molar-refractivity contribution in [2.75, 3.05) is 31.2 Å². The summed E-state index contributed by atoms with van der Waals surface area (Å²) in [5.41, 5.74) is 2.72. The van der Waals surface area contributed by atoms with Crippen LogP contribution in [0.2, 0.25) is 0 Å². The van der Waals surface area contributed by atoms with E-state index in [1.807, 2.05) is 25.1 Å². The number of rotatable bonds is 6. The molecule has 2 aromatic rings. The second kappa shape index (κ2) is 8.81. The summed E-state index contributed by atoms with van der Waals surface area (Å²) in [5, 5.41) is 2.96. The van der Waals surface area contributed by atoms with E-state index in [0.29, 0.717) is 18.4 Å². The van der Waals surface area contributed by atoms with Gasteiger partial charge in [-0.05, 0) is 42.7 Å². The van der Waals surface area contributed by atoms with Gasteiger partial charge in [-0.1, -0.05) is 30.3 Å². The quantitative estimate of drug-likeness (QED) is 0.865. The summed E-state index contributed by atoms with van der Waals surface area (Å²) >= 11 is 0. The molecule has 1 saturated heterocycles. The largest absolute Gasteiger partial charge is 0.378 e. The number of carbonyl (C=O) groups is 1. The van der Waals surface area contributed by atoms with Gasteiger partial charge in [0.2, 0.25) is 5.91 Å². The maximum absolute atomic E-state index is 13.7. The molecule has 0 aromatic heterocycles. The summed E-state index contributed by atoms with van der Waals surface area (Å²) < 4.78 is 19.1. The Labute approximate surface area is 154 Å². The molecule has 138 valence electrons. The summed E-state index contributed by atoms with van der Waals surface area (Å²) in [4.78, 5) is 14.6. The number of amides is 1. The van der Waals surface area contributed by atoms with E-state index in [2.05, 4.69) is 22.3 Å². The van der Waals surface area contributed by atoms with Gasteiger partial charge in [-0.25, -0.2) is 4.39 Å². The monoisotopic (exact) mass is 356 g/mol. The number of hydrogen-bond acceptors (Lipinski definition) is 3. The van der Waals surface area contributed by atoms with E-state index in [1.54, 1.807) is 12.1 Å². The van der Waals surface area contributed by atoms with E-state index in [9.17, 15) is 9.18 Å². The van der Waals surface area contributed by atoms with Crippen molar-refractivity contribution in [3.8, 4) is 0 Å². The number of nitrogens with one attached hydrogen (secondary N) is 1. The van der Waals surface area contributed by atoms with Crippen LogP contribution >= 0.6 is 0 Å². The molecule has 1 N–H and O–H groups in total. The van der Waals surface area contributed by atoms with E-state index < -0.39 is 0 Å². The highest BCUT2D eigenvalue weighted by molar-refractivity contribution is 5.79. The van der Waals surface area contributed by atoms with Crippen molar-refractivity contribution in [2.45, 2.75) is 25.8 Å². The molecule has 1 unspecified atom stereocenters. The van der Waals surface area contributed by atoms with Gasteiger partial charge in [-0.15, -0.1) is 0 Å². The molecule has 2 aromatic carbocycles. The third-order valence-electron chi connectivity index (χ3n) is 4.54. The maximum Gasteiger partial charge on any atom is 0.224 e. The molecule has 1 heterocycles. The van der Waals surface area contributed by atoms with Crippen molar-refractivity contribution in [3.05, 3.63) is 65.5 Å². The van der Waals surface area contributed by atoms with Gasteiger partial charge in [0.1, 0.15) is 5.82 Å². The minimum absolute atomic E-state index is 0.0482. The zero-order chi connectivity index (χ0) is 18.4. The number of carbonyl (C=O) groups excluding carboxylic acids is 1. The molecule has 1 aliphatic heterocycles. The maximum atomic E-state index is 13.7. The van der Waals surface area contributed by atoms with Crippen molar-refractivity contribution in [1.82, 2.24) is 5.32 Å². The van der Waals surface area contributed by atoms with E-state index >= 15 is 0 Å². The highest BCUT2D eigenvalue weighted by atomic mass is 19.1. The highest BCUT2D eigenvalue weighted by Crippen LogP contribution is 2.18. The van der Waals surface area contributed by atoms with Gasteiger partial charge in [0.15, 0.2) is 0 Å². The first kappa shape index (κ1) is 18.4. The van der Waals surface area contributed by atoms with Gasteiger partial charge in [0.25, 0.3) is 0 Å². The lowest BCUT2D eigenvalue weighted by molar-refractivity contribution is -0.121. The molecule has 0 spiro atoms. The van der Waals surface area contributed by atoms with Gasteiger partial charge in [-0.2, -0.15) is 0 Å². The van der Waals surface area contributed by atoms with Crippen LogP contribution in [0.15, 0.2) is 48.5 Å². The first-order chi connectivity index (χ1) is 12.6. The van der Waals surface area contributed by atoms with Crippen LogP contribution < -0.4 is 10.2 Å². The second-order valence-electron chi connectivity index (χ2n) is 6.71. The molecular weight excluding hydrogens is 331 g/mol. The molecule has 0 radical (unpaired) electrons. The fourth-order valence-electron chi connectivity index (χ4n) is 3.24. The molecule has 1 amide bonds. The van der Waals surface area contributed by atoms with Crippen LogP contribution in [0.25, 0.3) is 0 Å². The Kier molecular flexibility index (Phi) is 6.23. The lowest BCUT2D eigenvalue weighted by Gasteiger charge is -2.29. The lowest BCUT2D eigenvalue weighted by Crippen LogP contribution is -2.36. The van der Waals surface area contributed by atoms with E-state index in [-0.39, 0.29) is 17.8 Å². The molecule has 1 aliphatic rings. The Bertz CT molecular complexity index is 744. The van der Waals surface area contributed by atoms with Gasteiger partial charge in [0.05, 0.1) is 19.6 Å². The molecule has 1 fully saturated rings. The summed E-state index contributed by atoms with van der Waals surface area (Å²) in [6.45, 7) is 5.11. The molecule has 0 bridgehead atoms. The van der Waals surface area contributed by atoms with Crippen molar-refractivity contribution in [3.63, 3.8) is 0 Å². The summed E-state index contributed by atoms with van der Waals surface area (Å²) in [7, 11) is 0.